The Hall–Kier alpha value is -2.09. The maximum Gasteiger partial charge on any atom is 0.246 e. The van der Waals surface area contributed by atoms with E-state index in [1.807, 2.05) is 17.1 Å². The molecule has 1 spiro atoms. The monoisotopic (exact) mass is 559 g/mol. The number of hydrogen-bond acceptors (Lipinski definition) is 4. The SMILES string of the molecule is C[C@@H]1CCCC[C@@H]1N1C(=O)[C@H]2[C@@H](C(=O)Nc3ccc(Cl)c(Cl)c3)[C@H]3C=C[C@@]2(O3)[C@H]1C(=O)NC1CCCCC1. The van der Waals surface area contributed by atoms with E-state index >= 15 is 0 Å². The van der Waals surface area contributed by atoms with Crippen molar-refractivity contribution in [2.45, 2.75) is 94.5 Å². The Bertz CT molecular complexity index is 1170. The lowest BCUT2D eigenvalue weighted by molar-refractivity contribution is -0.146. The molecular formula is C29H35Cl2N3O4. The number of likely N-dealkylation sites (tertiary alicyclic amines) is 1. The van der Waals surface area contributed by atoms with Gasteiger partial charge < -0.3 is 20.3 Å². The molecule has 7 atom stereocenters. The van der Waals surface area contributed by atoms with Crippen molar-refractivity contribution in [2.75, 3.05) is 5.32 Å². The molecule has 2 bridgehead atoms. The van der Waals surface area contributed by atoms with E-state index in [1.54, 1.807) is 18.2 Å². The highest BCUT2D eigenvalue weighted by Gasteiger charge is 2.73. The highest BCUT2D eigenvalue weighted by Crippen LogP contribution is 2.56. The second kappa shape index (κ2) is 10.1. The molecule has 2 saturated carbocycles. The Morgan fingerprint density at radius 1 is 1.00 bits per heavy atom. The van der Waals surface area contributed by atoms with Crippen LogP contribution in [0.15, 0.2) is 30.4 Å². The summed E-state index contributed by atoms with van der Waals surface area (Å²) >= 11 is 12.2. The van der Waals surface area contributed by atoms with E-state index in [2.05, 4.69) is 17.6 Å². The van der Waals surface area contributed by atoms with Gasteiger partial charge in [-0.1, -0.05) is 74.4 Å². The Labute approximate surface area is 233 Å². The van der Waals surface area contributed by atoms with E-state index < -0.39 is 29.6 Å². The molecule has 38 heavy (non-hydrogen) atoms. The smallest absolute Gasteiger partial charge is 0.246 e. The third kappa shape index (κ3) is 4.25. The van der Waals surface area contributed by atoms with Crippen molar-refractivity contribution in [1.82, 2.24) is 10.2 Å². The van der Waals surface area contributed by atoms with E-state index in [0.717, 1.165) is 51.4 Å². The van der Waals surface area contributed by atoms with Gasteiger partial charge in [0.25, 0.3) is 0 Å². The molecule has 1 aromatic carbocycles. The summed E-state index contributed by atoms with van der Waals surface area (Å²) in [7, 11) is 0. The number of benzene rings is 1. The fourth-order valence-corrected chi connectivity index (χ4v) is 7.90. The predicted octanol–water partition coefficient (Wildman–Crippen LogP) is 5.11. The first-order chi connectivity index (χ1) is 18.3. The van der Waals surface area contributed by atoms with Crippen LogP contribution in [0.5, 0.6) is 0 Å². The number of carbonyl (C=O) groups excluding carboxylic acids is 3. The van der Waals surface area contributed by atoms with Crippen LogP contribution >= 0.6 is 23.2 Å². The minimum Gasteiger partial charge on any atom is -0.359 e. The van der Waals surface area contributed by atoms with Gasteiger partial charge in [0.2, 0.25) is 17.7 Å². The van der Waals surface area contributed by atoms with Gasteiger partial charge >= 0.3 is 0 Å². The number of rotatable bonds is 5. The Balaban J connectivity index is 1.33. The van der Waals surface area contributed by atoms with Crippen molar-refractivity contribution in [3.05, 3.63) is 40.4 Å². The first-order valence-electron chi connectivity index (χ1n) is 14.1. The minimum atomic E-state index is -1.14. The molecule has 0 radical (unpaired) electrons. The number of hydrogen-bond donors (Lipinski definition) is 2. The lowest BCUT2D eigenvalue weighted by Crippen LogP contribution is -2.59. The molecule has 2 N–H and O–H groups in total. The topological polar surface area (TPSA) is 87.7 Å². The van der Waals surface area contributed by atoms with Gasteiger partial charge in [0.05, 0.1) is 28.0 Å². The maximum absolute atomic E-state index is 14.3. The van der Waals surface area contributed by atoms with Crippen LogP contribution in [0.4, 0.5) is 5.69 Å². The summed E-state index contributed by atoms with van der Waals surface area (Å²) in [6.45, 7) is 2.17. The van der Waals surface area contributed by atoms with E-state index in [-0.39, 0.29) is 35.7 Å². The standard InChI is InChI=1S/C29H35Cl2N3O4/c1-16-7-5-6-10-21(16)34-25(27(36)32-17-8-3-2-4-9-17)29-14-13-22(38-29)23(24(29)28(34)37)26(35)33-18-11-12-19(30)20(31)15-18/h11-17,21-25H,2-10H2,1H3,(H,32,36)(H,33,35)/t16-,21+,22-,23+,24-,25-,29+/m1/s1. The van der Waals surface area contributed by atoms with Crippen molar-refractivity contribution >= 4 is 46.6 Å². The molecular weight excluding hydrogens is 525 g/mol. The summed E-state index contributed by atoms with van der Waals surface area (Å²) in [6.07, 6.45) is 12.5. The first-order valence-corrected chi connectivity index (χ1v) is 14.8. The molecule has 9 heteroatoms. The molecule has 6 rings (SSSR count). The first kappa shape index (κ1) is 26.1. The summed E-state index contributed by atoms with van der Waals surface area (Å²) < 4.78 is 6.51. The van der Waals surface area contributed by atoms with Gasteiger partial charge in [-0.2, -0.15) is 0 Å². The van der Waals surface area contributed by atoms with Gasteiger partial charge in [-0.3, -0.25) is 14.4 Å². The molecule has 5 aliphatic rings. The largest absolute Gasteiger partial charge is 0.359 e. The van der Waals surface area contributed by atoms with E-state index in [9.17, 15) is 14.4 Å². The summed E-state index contributed by atoms with van der Waals surface area (Å²) in [5, 5.41) is 6.91. The average Bonchev–Trinajstić information content (AvgIpc) is 3.54. The number of halogens is 2. The van der Waals surface area contributed by atoms with Gasteiger partial charge in [-0.25, -0.2) is 0 Å². The van der Waals surface area contributed by atoms with Crippen molar-refractivity contribution in [3.63, 3.8) is 0 Å². The number of nitrogens with zero attached hydrogens (tertiary/aromatic N) is 1. The number of carbonyl (C=O) groups is 3. The van der Waals surface area contributed by atoms with E-state index in [1.165, 1.54) is 6.42 Å². The fraction of sp³-hybridized carbons (Fsp3) is 0.621. The Kier molecular flexibility index (Phi) is 6.98. The molecule has 3 amide bonds. The zero-order valence-electron chi connectivity index (χ0n) is 21.6. The third-order valence-electron chi connectivity index (χ3n) is 9.43. The summed E-state index contributed by atoms with van der Waals surface area (Å²) in [6, 6.07) is 4.18. The van der Waals surface area contributed by atoms with Crippen LogP contribution < -0.4 is 10.6 Å². The van der Waals surface area contributed by atoms with Crippen LogP contribution in [-0.2, 0) is 19.1 Å². The number of fused-ring (bicyclic) bond motifs is 1. The zero-order valence-corrected chi connectivity index (χ0v) is 23.1. The van der Waals surface area contributed by atoms with Crippen LogP contribution in [0.25, 0.3) is 0 Å². The van der Waals surface area contributed by atoms with Gasteiger partial charge in [0.1, 0.15) is 11.6 Å². The molecule has 204 valence electrons. The Morgan fingerprint density at radius 3 is 2.47 bits per heavy atom. The number of ether oxygens (including phenoxy) is 1. The molecule has 3 aliphatic heterocycles. The number of anilines is 1. The molecule has 4 fully saturated rings. The van der Waals surface area contributed by atoms with Gasteiger partial charge in [-0.15, -0.1) is 0 Å². The van der Waals surface area contributed by atoms with Crippen molar-refractivity contribution in [2.24, 2.45) is 17.8 Å². The fourth-order valence-electron chi connectivity index (χ4n) is 7.60. The number of amides is 3. The average molecular weight is 561 g/mol. The molecule has 0 aromatic heterocycles. The summed E-state index contributed by atoms with van der Waals surface area (Å²) in [5.74, 6) is -1.83. The number of nitrogens with one attached hydrogen (secondary N) is 2. The van der Waals surface area contributed by atoms with Crippen molar-refractivity contribution < 1.29 is 19.1 Å². The normalized spacial score (nSPS) is 36.4. The third-order valence-corrected chi connectivity index (χ3v) is 10.2. The molecule has 2 aliphatic carbocycles. The second-order valence-corrected chi connectivity index (χ2v) is 12.6. The lowest BCUT2D eigenvalue weighted by atomic mass is 9.74. The van der Waals surface area contributed by atoms with Gasteiger partial charge in [0.15, 0.2) is 0 Å². The van der Waals surface area contributed by atoms with Crippen molar-refractivity contribution in [1.29, 1.82) is 0 Å². The van der Waals surface area contributed by atoms with Crippen LogP contribution in [-0.4, -0.2) is 52.5 Å². The van der Waals surface area contributed by atoms with Gasteiger partial charge in [-0.05, 0) is 49.8 Å². The van der Waals surface area contributed by atoms with Crippen molar-refractivity contribution in [3.8, 4) is 0 Å². The minimum absolute atomic E-state index is 0.0480. The van der Waals surface area contributed by atoms with E-state index in [4.69, 9.17) is 27.9 Å². The maximum atomic E-state index is 14.3. The predicted molar refractivity (Wildman–Crippen MR) is 146 cm³/mol. The highest BCUT2D eigenvalue weighted by molar-refractivity contribution is 6.42. The Morgan fingerprint density at radius 2 is 1.74 bits per heavy atom. The molecule has 0 unspecified atom stereocenters. The second-order valence-electron chi connectivity index (χ2n) is 11.7. The van der Waals surface area contributed by atoms with Gasteiger partial charge in [0, 0.05) is 17.8 Å². The van der Waals surface area contributed by atoms with Crippen LogP contribution in [0.2, 0.25) is 10.0 Å². The quantitative estimate of drug-likeness (QED) is 0.490. The summed E-state index contributed by atoms with van der Waals surface area (Å²) in [5.41, 5.74) is -0.642. The zero-order chi connectivity index (χ0) is 26.6. The van der Waals surface area contributed by atoms with Crippen LogP contribution in [0, 0.1) is 17.8 Å². The van der Waals surface area contributed by atoms with Crippen LogP contribution in [0.1, 0.15) is 64.7 Å². The summed E-state index contributed by atoms with van der Waals surface area (Å²) in [4.78, 5) is 43.8. The highest BCUT2D eigenvalue weighted by atomic mass is 35.5. The van der Waals surface area contributed by atoms with E-state index in [0.29, 0.717) is 15.7 Å². The lowest BCUT2D eigenvalue weighted by Gasteiger charge is -2.42. The molecule has 2 saturated heterocycles. The molecule has 7 nitrogen and oxygen atoms in total. The van der Waals surface area contributed by atoms with Crippen LogP contribution in [0.3, 0.4) is 0 Å². The molecule has 3 heterocycles. The molecule has 1 aromatic rings.